The predicted octanol–water partition coefficient (Wildman–Crippen LogP) is 1.43. The summed E-state index contributed by atoms with van der Waals surface area (Å²) in [6.45, 7) is 0.376. The molecule has 0 aromatic rings. The number of esters is 1. The highest BCUT2D eigenvalue weighted by Gasteiger charge is 2.32. The lowest BCUT2D eigenvalue weighted by molar-refractivity contribution is -0.179. The van der Waals surface area contributed by atoms with E-state index in [4.69, 9.17) is 9.47 Å². The van der Waals surface area contributed by atoms with Gasteiger partial charge in [-0.05, 0) is 12.8 Å². The minimum absolute atomic E-state index is 0.0178. The van der Waals surface area contributed by atoms with Crippen LogP contribution in [0.2, 0.25) is 0 Å². The average Bonchev–Trinajstić information content (AvgIpc) is 2.66. The topological polar surface area (TPSA) is 52.6 Å². The number of carbonyl (C=O) groups excluding carboxylic acids is 2. The first-order chi connectivity index (χ1) is 7.27. The molecule has 1 saturated heterocycles. The molecule has 0 radical (unpaired) electrons. The summed E-state index contributed by atoms with van der Waals surface area (Å²) in [5.74, 6) is -0.384. The average molecular weight is 212 g/mol. The smallest absolute Gasteiger partial charge is 0.311 e. The van der Waals surface area contributed by atoms with Gasteiger partial charge in [0.15, 0.2) is 0 Å². The van der Waals surface area contributed by atoms with Crippen LogP contribution in [0.1, 0.15) is 38.5 Å². The fraction of sp³-hybridized carbons (Fsp3) is 0.818. The van der Waals surface area contributed by atoms with Gasteiger partial charge < -0.3 is 9.47 Å². The summed E-state index contributed by atoms with van der Waals surface area (Å²) in [7, 11) is 0. The van der Waals surface area contributed by atoms with Gasteiger partial charge >= 0.3 is 5.97 Å². The molecule has 0 aromatic heterocycles. The predicted molar refractivity (Wildman–Crippen MR) is 52.0 cm³/mol. The van der Waals surface area contributed by atoms with E-state index in [1.54, 1.807) is 0 Å². The van der Waals surface area contributed by atoms with E-state index in [0.717, 1.165) is 25.7 Å². The van der Waals surface area contributed by atoms with Crippen LogP contribution in [0, 0.1) is 5.92 Å². The van der Waals surface area contributed by atoms with Gasteiger partial charge in [0.25, 0.3) is 6.29 Å². The first-order valence-electron chi connectivity index (χ1n) is 5.62. The van der Waals surface area contributed by atoms with Gasteiger partial charge in [-0.1, -0.05) is 19.3 Å². The van der Waals surface area contributed by atoms with Crippen LogP contribution in [0.3, 0.4) is 0 Å². The van der Waals surface area contributed by atoms with Crippen molar-refractivity contribution in [1.82, 2.24) is 0 Å². The second-order valence-electron chi connectivity index (χ2n) is 4.19. The summed E-state index contributed by atoms with van der Waals surface area (Å²) >= 11 is 0. The molecule has 1 atom stereocenters. The number of ether oxygens (including phenoxy) is 2. The molecule has 15 heavy (non-hydrogen) atoms. The standard InChI is InChI=1S/C11H16O4/c12-9-6-7-14-11(9)15-10(13)8-4-2-1-3-5-8/h8,11H,1-7H2. The molecule has 1 unspecified atom stereocenters. The lowest BCUT2D eigenvalue weighted by Crippen LogP contribution is -2.29. The van der Waals surface area contributed by atoms with Gasteiger partial charge in [-0.2, -0.15) is 0 Å². The molecule has 0 amide bonds. The molecule has 84 valence electrons. The summed E-state index contributed by atoms with van der Waals surface area (Å²) in [5, 5.41) is 0. The Bertz CT molecular complexity index is 255. The van der Waals surface area contributed by atoms with Crippen molar-refractivity contribution in [1.29, 1.82) is 0 Å². The van der Waals surface area contributed by atoms with Crippen molar-refractivity contribution in [2.75, 3.05) is 6.61 Å². The third kappa shape index (κ3) is 2.56. The highest BCUT2D eigenvalue weighted by molar-refractivity contribution is 5.86. The fourth-order valence-corrected chi connectivity index (χ4v) is 2.12. The van der Waals surface area contributed by atoms with Crippen LogP contribution in [-0.4, -0.2) is 24.6 Å². The molecular weight excluding hydrogens is 196 g/mol. The minimum Gasteiger partial charge on any atom is -0.428 e. The second-order valence-corrected chi connectivity index (χ2v) is 4.19. The van der Waals surface area contributed by atoms with Crippen molar-refractivity contribution < 1.29 is 19.1 Å². The van der Waals surface area contributed by atoms with E-state index in [-0.39, 0.29) is 17.7 Å². The molecule has 1 aliphatic heterocycles. The molecule has 0 aromatic carbocycles. The third-order valence-corrected chi connectivity index (χ3v) is 3.04. The molecule has 0 N–H and O–H groups in total. The molecule has 1 heterocycles. The molecule has 2 rings (SSSR count). The maximum atomic E-state index is 11.6. The molecule has 1 saturated carbocycles. The van der Waals surface area contributed by atoms with E-state index in [1.807, 2.05) is 0 Å². The monoisotopic (exact) mass is 212 g/mol. The molecule has 1 aliphatic carbocycles. The Kier molecular flexibility index (Phi) is 3.36. The first-order valence-corrected chi connectivity index (χ1v) is 5.62. The van der Waals surface area contributed by atoms with Crippen molar-refractivity contribution >= 4 is 11.8 Å². The number of Topliss-reactive ketones (excluding diaryl/α,β-unsaturated/α-hetero) is 1. The van der Waals surface area contributed by atoms with Crippen LogP contribution in [-0.2, 0) is 19.1 Å². The maximum absolute atomic E-state index is 11.6. The zero-order chi connectivity index (χ0) is 10.7. The number of carbonyl (C=O) groups is 2. The van der Waals surface area contributed by atoms with E-state index >= 15 is 0 Å². The Labute approximate surface area is 88.9 Å². The summed E-state index contributed by atoms with van der Waals surface area (Å²) in [6, 6.07) is 0. The van der Waals surface area contributed by atoms with Crippen molar-refractivity contribution in [3.8, 4) is 0 Å². The van der Waals surface area contributed by atoms with Crippen molar-refractivity contribution in [2.45, 2.75) is 44.8 Å². The zero-order valence-corrected chi connectivity index (χ0v) is 8.74. The Morgan fingerprint density at radius 2 is 2.00 bits per heavy atom. The van der Waals surface area contributed by atoms with E-state index in [2.05, 4.69) is 0 Å². The number of hydrogen-bond donors (Lipinski definition) is 0. The molecule has 2 aliphatic rings. The highest BCUT2D eigenvalue weighted by atomic mass is 16.7. The Morgan fingerprint density at radius 1 is 1.27 bits per heavy atom. The van der Waals surface area contributed by atoms with E-state index in [9.17, 15) is 9.59 Å². The van der Waals surface area contributed by atoms with E-state index < -0.39 is 6.29 Å². The van der Waals surface area contributed by atoms with Crippen molar-refractivity contribution in [2.24, 2.45) is 5.92 Å². The van der Waals surface area contributed by atoms with Crippen LogP contribution in [0.4, 0.5) is 0 Å². The largest absolute Gasteiger partial charge is 0.428 e. The number of ketones is 1. The lowest BCUT2D eigenvalue weighted by Gasteiger charge is -2.21. The zero-order valence-electron chi connectivity index (χ0n) is 8.74. The molecule has 4 nitrogen and oxygen atoms in total. The van der Waals surface area contributed by atoms with Gasteiger partial charge in [0.05, 0.1) is 12.5 Å². The van der Waals surface area contributed by atoms with Gasteiger partial charge in [-0.25, -0.2) is 0 Å². The van der Waals surface area contributed by atoms with Gasteiger partial charge in [0.2, 0.25) is 5.78 Å². The second kappa shape index (κ2) is 4.75. The van der Waals surface area contributed by atoms with Crippen molar-refractivity contribution in [3.63, 3.8) is 0 Å². The molecule has 2 fully saturated rings. The summed E-state index contributed by atoms with van der Waals surface area (Å²) in [6.07, 6.45) is 4.59. The van der Waals surface area contributed by atoms with E-state index in [1.165, 1.54) is 6.42 Å². The highest BCUT2D eigenvalue weighted by Crippen LogP contribution is 2.25. The van der Waals surface area contributed by atoms with Gasteiger partial charge in [0, 0.05) is 6.42 Å². The van der Waals surface area contributed by atoms with Crippen LogP contribution in [0.5, 0.6) is 0 Å². The van der Waals surface area contributed by atoms with Crippen LogP contribution >= 0.6 is 0 Å². The van der Waals surface area contributed by atoms with Crippen LogP contribution in [0.25, 0.3) is 0 Å². The first kappa shape index (κ1) is 10.6. The lowest BCUT2D eigenvalue weighted by atomic mass is 9.89. The molecule has 0 spiro atoms. The summed E-state index contributed by atoms with van der Waals surface area (Å²) < 4.78 is 10.1. The Morgan fingerprint density at radius 3 is 2.60 bits per heavy atom. The van der Waals surface area contributed by atoms with E-state index in [0.29, 0.717) is 13.0 Å². The number of rotatable bonds is 2. The molecule has 4 heteroatoms. The van der Waals surface area contributed by atoms with Gasteiger partial charge in [-0.15, -0.1) is 0 Å². The van der Waals surface area contributed by atoms with Gasteiger partial charge in [-0.3, -0.25) is 9.59 Å². The third-order valence-electron chi connectivity index (χ3n) is 3.04. The summed E-state index contributed by atoms with van der Waals surface area (Å²) in [4.78, 5) is 22.8. The Hall–Kier alpha value is -0.900. The van der Waals surface area contributed by atoms with Gasteiger partial charge in [0.1, 0.15) is 0 Å². The maximum Gasteiger partial charge on any atom is 0.311 e. The SMILES string of the molecule is O=C(OC1OCCC1=O)C1CCCCC1. The number of hydrogen-bond acceptors (Lipinski definition) is 4. The van der Waals surface area contributed by atoms with Crippen LogP contribution < -0.4 is 0 Å². The summed E-state index contributed by atoms with van der Waals surface area (Å²) in [5.41, 5.74) is 0. The normalized spacial score (nSPS) is 28.0. The van der Waals surface area contributed by atoms with Crippen LogP contribution in [0.15, 0.2) is 0 Å². The Balaban J connectivity index is 1.82. The fourth-order valence-electron chi connectivity index (χ4n) is 2.12. The molecule has 0 bridgehead atoms. The van der Waals surface area contributed by atoms with Crippen molar-refractivity contribution in [3.05, 3.63) is 0 Å². The minimum atomic E-state index is -0.917. The molecular formula is C11H16O4. The quantitative estimate of drug-likeness (QED) is 0.650.